The van der Waals surface area contributed by atoms with Gasteiger partial charge in [0.15, 0.2) is 0 Å². The van der Waals surface area contributed by atoms with Crippen molar-refractivity contribution in [1.29, 1.82) is 0 Å². The quantitative estimate of drug-likeness (QED) is 0.301. The molecule has 0 aliphatic heterocycles. The van der Waals surface area contributed by atoms with Crippen LogP contribution in [0.2, 0.25) is 0 Å². The lowest BCUT2D eigenvalue weighted by atomic mass is 9.92. The summed E-state index contributed by atoms with van der Waals surface area (Å²) in [6.07, 6.45) is 0.861. The third kappa shape index (κ3) is 2.71. The maximum absolute atomic E-state index is 6.25. The fourth-order valence-electron chi connectivity index (χ4n) is 4.58. The first-order valence-corrected chi connectivity index (χ1v) is 10.3. The minimum absolute atomic E-state index is 0.861. The minimum Gasteiger partial charge on any atom is -0.456 e. The van der Waals surface area contributed by atoms with E-state index in [1.807, 2.05) is 0 Å². The summed E-state index contributed by atoms with van der Waals surface area (Å²) in [5.41, 5.74) is 7.07. The Labute approximate surface area is 175 Å². The van der Waals surface area contributed by atoms with Crippen LogP contribution in [0, 0.1) is 0 Å². The highest BCUT2D eigenvalue weighted by Gasteiger charge is 2.15. The Morgan fingerprint density at radius 3 is 2.17 bits per heavy atom. The third-order valence-corrected chi connectivity index (χ3v) is 5.96. The van der Waals surface area contributed by atoms with Crippen molar-refractivity contribution in [3.8, 4) is 11.1 Å². The lowest BCUT2D eigenvalue weighted by Gasteiger charge is -2.11. The van der Waals surface area contributed by atoms with Gasteiger partial charge >= 0.3 is 0 Å². The lowest BCUT2D eigenvalue weighted by Crippen LogP contribution is -1.93. The van der Waals surface area contributed by atoms with Gasteiger partial charge in [0.05, 0.1) is 0 Å². The van der Waals surface area contributed by atoms with Crippen molar-refractivity contribution >= 4 is 32.7 Å². The Bertz CT molecular complexity index is 1510. The number of hydrogen-bond acceptors (Lipinski definition) is 1. The molecular formula is C29H20O. The third-order valence-electron chi connectivity index (χ3n) is 5.96. The summed E-state index contributed by atoms with van der Waals surface area (Å²) in [6.45, 7) is 0. The molecule has 0 atom stereocenters. The summed E-state index contributed by atoms with van der Waals surface area (Å²) < 4.78 is 6.25. The first-order chi connectivity index (χ1) is 14.9. The number of fused-ring (bicyclic) bond motifs is 5. The van der Waals surface area contributed by atoms with Gasteiger partial charge in [0.1, 0.15) is 11.2 Å². The van der Waals surface area contributed by atoms with Gasteiger partial charge in [-0.05, 0) is 51.6 Å². The van der Waals surface area contributed by atoms with Crippen LogP contribution in [0.1, 0.15) is 11.1 Å². The van der Waals surface area contributed by atoms with E-state index in [1.54, 1.807) is 0 Å². The van der Waals surface area contributed by atoms with Gasteiger partial charge in [-0.3, -0.25) is 0 Å². The molecule has 6 aromatic rings. The van der Waals surface area contributed by atoms with Crippen LogP contribution in [0.5, 0.6) is 0 Å². The molecule has 0 N–H and O–H groups in total. The zero-order valence-electron chi connectivity index (χ0n) is 16.5. The van der Waals surface area contributed by atoms with Crippen molar-refractivity contribution in [2.75, 3.05) is 0 Å². The van der Waals surface area contributed by atoms with E-state index in [2.05, 4.69) is 109 Å². The molecular weight excluding hydrogens is 364 g/mol. The van der Waals surface area contributed by atoms with E-state index in [1.165, 1.54) is 43.8 Å². The van der Waals surface area contributed by atoms with Gasteiger partial charge in [0.2, 0.25) is 0 Å². The zero-order chi connectivity index (χ0) is 19.9. The van der Waals surface area contributed by atoms with Crippen molar-refractivity contribution in [1.82, 2.24) is 0 Å². The van der Waals surface area contributed by atoms with Gasteiger partial charge in [-0.15, -0.1) is 0 Å². The van der Waals surface area contributed by atoms with Gasteiger partial charge in [-0.1, -0.05) is 97.1 Å². The number of hydrogen-bond donors (Lipinski definition) is 0. The van der Waals surface area contributed by atoms with Crippen LogP contribution < -0.4 is 0 Å². The molecule has 1 aromatic heterocycles. The Kier molecular flexibility index (Phi) is 3.92. The molecule has 0 bridgehead atoms. The molecule has 0 radical (unpaired) electrons. The molecule has 5 aromatic carbocycles. The Hall–Kier alpha value is -3.84. The van der Waals surface area contributed by atoms with E-state index < -0.39 is 0 Å². The monoisotopic (exact) mass is 384 g/mol. The first-order valence-electron chi connectivity index (χ1n) is 10.3. The molecule has 0 saturated heterocycles. The molecule has 0 fully saturated rings. The van der Waals surface area contributed by atoms with E-state index in [4.69, 9.17) is 4.42 Å². The summed E-state index contributed by atoms with van der Waals surface area (Å²) in [7, 11) is 0. The van der Waals surface area contributed by atoms with Crippen molar-refractivity contribution in [3.05, 3.63) is 120 Å². The van der Waals surface area contributed by atoms with Crippen LogP contribution >= 0.6 is 0 Å². The number of benzene rings is 5. The second-order valence-electron chi connectivity index (χ2n) is 7.75. The number of rotatable bonds is 3. The van der Waals surface area contributed by atoms with Crippen molar-refractivity contribution in [3.63, 3.8) is 0 Å². The highest BCUT2D eigenvalue weighted by Crippen LogP contribution is 2.37. The molecule has 0 aliphatic carbocycles. The SMILES string of the molecule is c1ccc(-c2ccccc2Cc2cccc3oc4ccc5ccccc5c4c23)cc1. The van der Waals surface area contributed by atoms with Crippen molar-refractivity contribution in [2.45, 2.75) is 6.42 Å². The summed E-state index contributed by atoms with van der Waals surface area (Å²) in [5, 5.41) is 4.94. The Balaban J connectivity index is 1.59. The molecule has 6 rings (SSSR count). The summed E-state index contributed by atoms with van der Waals surface area (Å²) in [5.74, 6) is 0. The summed E-state index contributed by atoms with van der Waals surface area (Å²) in [4.78, 5) is 0. The molecule has 0 aliphatic rings. The predicted octanol–water partition coefficient (Wildman–Crippen LogP) is 8.00. The van der Waals surface area contributed by atoms with Gasteiger partial charge < -0.3 is 4.42 Å². The molecule has 142 valence electrons. The number of furan rings is 1. The fraction of sp³-hybridized carbons (Fsp3) is 0.0345. The smallest absolute Gasteiger partial charge is 0.136 e. The maximum Gasteiger partial charge on any atom is 0.136 e. The van der Waals surface area contributed by atoms with Crippen molar-refractivity contribution < 1.29 is 4.42 Å². The van der Waals surface area contributed by atoms with Crippen LogP contribution in [0.25, 0.3) is 43.8 Å². The molecule has 0 unspecified atom stereocenters. The second kappa shape index (κ2) is 6.89. The summed E-state index contributed by atoms with van der Waals surface area (Å²) >= 11 is 0. The van der Waals surface area contributed by atoms with Crippen LogP contribution in [-0.4, -0.2) is 0 Å². The molecule has 1 heteroatoms. The van der Waals surface area contributed by atoms with Crippen LogP contribution in [-0.2, 0) is 6.42 Å². The minimum atomic E-state index is 0.861. The second-order valence-corrected chi connectivity index (χ2v) is 7.75. The largest absolute Gasteiger partial charge is 0.456 e. The molecule has 0 amide bonds. The van der Waals surface area contributed by atoms with Gasteiger partial charge in [-0.25, -0.2) is 0 Å². The zero-order valence-corrected chi connectivity index (χ0v) is 16.5. The first kappa shape index (κ1) is 17.1. The summed E-state index contributed by atoms with van der Waals surface area (Å²) in [6, 6.07) is 38.5. The topological polar surface area (TPSA) is 13.1 Å². The lowest BCUT2D eigenvalue weighted by molar-refractivity contribution is 0.669. The van der Waals surface area contributed by atoms with E-state index >= 15 is 0 Å². The van der Waals surface area contributed by atoms with Crippen molar-refractivity contribution in [2.24, 2.45) is 0 Å². The molecule has 0 saturated carbocycles. The molecule has 1 heterocycles. The highest BCUT2D eigenvalue weighted by atomic mass is 16.3. The molecule has 1 nitrogen and oxygen atoms in total. The van der Waals surface area contributed by atoms with Gasteiger partial charge in [-0.2, -0.15) is 0 Å². The molecule has 0 spiro atoms. The fourth-order valence-corrected chi connectivity index (χ4v) is 4.58. The Morgan fingerprint density at radius 2 is 1.23 bits per heavy atom. The maximum atomic E-state index is 6.25. The highest BCUT2D eigenvalue weighted by molar-refractivity contribution is 6.19. The predicted molar refractivity (Wildman–Crippen MR) is 126 cm³/mol. The van der Waals surface area contributed by atoms with E-state index in [-0.39, 0.29) is 0 Å². The Morgan fingerprint density at radius 1 is 0.500 bits per heavy atom. The standard InChI is InChI=1S/C29H20O/c1-2-9-20(10-3-1)24-14-6-5-12-22(24)19-23-13-8-16-26-28(23)29-25-15-7-4-11-21(25)17-18-27(29)30-26/h1-18H,19H2. The van der Waals surface area contributed by atoms with E-state index in [9.17, 15) is 0 Å². The van der Waals surface area contributed by atoms with Gasteiger partial charge in [0, 0.05) is 10.8 Å². The van der Waals surface area contributed by atoms with E-state index in [0.29, 0.717) is 0 Å². The molecule has 30 heavy (non-hydrogen) atoms. The van der Waals surface area contributed by atoms with E-state index in [0.717, 1.165) is 17.6 Å². The average Bonchev–Trinajstić information content (AvgIpc) is 3.20. The van der Waals surface area contributed by atoms with Crippen LogP contribution in [0.3, 0.4) is 0 Å². The van der Waals surface area contributed by atoms with Crippen LogP contribution in [0.15, 0.2) is 114 Å². The van der Waals surface area contributed by atoms with Gasteiger partial charge in [0.25, 0.3) is 0 Å². The average molecular weight is 384 g/mol. The normalized spacial score (nSPS) is 11.5. The van der Waals surface area contributed by atoms with Crippen LogP contribution in [0.4, 0.5) is 0 Å².